The minimum Gasteiger partial charge on any atom is -0.344 e. The number of benzene rings is 2. The number of anilines is 1. The standard InChI is InChI=1S/C19H16N2O2/c22-18(11-14-12-21-10-4-9-17(21)19(14)23)20-16-8-3-6-13-5-1-2-7-15(13)16/h1-10,14H,11-12H2,(H,20,22)/t14-/m1/s1. The Morgan fingerprint density at radius 2 is 1.91 bits per heavy atom. The molecule has 3 aromatic rings. The van der Waals surface area contributed by atoms with Gasteiger partial charge in [0.15, 0.2) is 5.78 Å². The highest BCUT2D eigenvalue weighted by Gasteiger charge is 2.31. The number of nitrogens with zero attached hydrogens (tertiary/aromatic N) is 1. The first kappa shape index (κ1) is 13.8. The van der Waals surface area contributed by atoms with Crippen molar-refractivity contribution in [2.75, 3.05) is 5.32 Å². The Morgan fingerprint density at radius 3 is 2.78 bits per heavy atom. The van der Waals surface area contributed by atoms with Crippen LogP contribution >= 0.6 is 0 Å². The molecule has 0 aliphatic carbocycles. The number of rotatable bonds is 3. The first-order chi connectivity index (χ1) is 11.2. The van der Waals surface area contributed by atoms with Crippen LogP contribution < -0.4 is 5.32 Å². The largest absolute Gasteiger partial charge is 0.344 e. The van der Waals surface area contributed by atoms with Gasteiger partial charge in [-0.3, -0.25) is 9.59 Å². The van der Waals surface area contributed by atoms with Crippen molar-refractivity contribution in [2.24, 2.45) is 5.92 Å². The van der Waals surface area contributed by atoms with Crippen molar-refractivity contribution in [3.63, 3.8) is 0 Å². The predicted octanol–water partition coefficient (Wildman–Crippen LogP) is 3.48. The van der Waals surface area contributed by atoms with Gasteiger partial charge in [0.2, 0.25) is 5.91 Å². The average Bonchev–Trinajstić information content (AvgIpc) is 3.12. The highest BCUT2D eigenvalue weighted by Crippen LogP contribution is 2.26. The molecule has 2 heterocycles. The summed E-state index contributed by atoms with van der Waals surface area (Å²) in [5, 5.41) is 5.04. The van der Waals surface area contributed by atoms with Crippen molar-refractivity contribution in [1.29, 1.82) is 0 Å². The number of hydrogen-bond acceptors (Lipinski definition) is 2. The van der Waals surface area contributed by atoms with Crippen molar-refractivity contribution >= 4 is 28.2 Å². The highest BCUT2D eigenvalue weighted by molar-refractivity contribution is 6.05. The van der Waals surface area contributed by atoms with Crippen LogP contribution in [0.25, 0.3) is 10.8 Å². The number of amides is 1. The molecule has 23 heavy (non-hydrogen) atoms. The fourth-order valence-electron chi connectivity index (χ4n) is 3.24. The first-order valence-corrected chi connectivity index (χ1v) is 7.69. The Kier molecular flexibility index (Phi) is 3.23. The Morgan fingerprint density at radius 1 is 1.09 bits per heavy atom. The smallest absolute Gasteiger partial charge is 0.225 e. The molecule has 1 aliphatic heterocycles. The van der Waals surface area contributed by atoms with Crippen molar-refractivity contribution in [1.82, 2.24) is 4.57 Å². The number of fused-ring (bicyclic) bond motifs is 2. The number of nitrogens with one attached hydrogen (secondary N) is 1. The summed E-state index contributed by atoms with van der Waals surface area (Å²) < 4.78 is 1.91. The van der Waals surface area contributed by atoms with Gasteiger partial charge in [0, 0.05) is 30.2 Å². The molecule has 0 spiro atoms. The third kappa shape index (κ3) is 2.42. The summed E-state index contributed by atoms with van der Waals surface area (Å²) in [4.78, 5) is 24.6. The molecule has 1 aliphatic rings. The number of carbonyl (C=O) groups excluding carboxylic acids is 2. The summed E-state index contributed by atoms with van der Waals surface area (Å²) in [6, 6.07) is 17.4. The summed E-state index contributed by atoms with van der Waals surface area (Å²) in [5.41, 5.74) is 1.49. The fourth-order valence-corrected chi connectivity index (χ4v) is 3.24. The zero-order chi connectivity index (χ0) is 15.8. The summed E-state index contributed by atoms with van der Waals surface area (Å²) in [7, 11) is 0. The minimum absolute atomic E-state index is 0.0584. The van der Waals surface area contributed by atoms with Crippen LogP contribution in [0.3, 0.4) is 0 Å². The van der Waals surface area contributed by atoms with Crippen LogP contribution in [0, 0.1) is 5.92 Å². The maximum Gasteiger partial charge on any atom is 0.225 e. The summed E-state index contributed by atoms with van der Waals surface area (Å²) in [6.07, 6.45) is 2.10. The Bertz CT molecular complexity index is 905. The van der Waals surface area contributed by atoms with E-state index in [0.717, 1.165) is 16.5 Å². The lowest BCUT2D eigenvalue weighted by Crippen LogP contribution is -2.20. The molecule has 0 fully saturated rings. The van der Waals surface area contributed by atoms with E-state index in [-0.39, 0.29) is 24.0 Å². The zero-order valence-corrected chi connectivity index (χ0v) is 12.5. The molecule has 1 amide bonds. The molecule has 4 heteroatoms. The molecule has 1 N–H and O–H groups in total. The van der Waals surface area contributed by atoms with Gasteiger partial charge in [-0.05, 0) is 23.6 Å². The molecule has 2 aromatic carbocycles. The number of ketones is 1. The maximum absolute atomic E-state index is 12.4. The first-order valence-electron chi connectivity index (χ1n) is 7.69. The Hall–Kier alpha value is -2.88. The van der Waals surface area contributed by atoms with Crippen molar-refractivity contribution < 1.29 is 9.59 Å². The Balaban J connectivity index is 1.50. The van der Waals surface area contributed by atoms with Gasteiger partial charge in [-0.15, -0.1) is 0 Å². The lowest BCUT2D eigenvalue weighted by molar-refractivity contribution is -0.116. The number of Topliss-reactive ketones (excluding diaryl/α,β-unsaturated/α-hetero) is 1. The number of aromatic nitrogens is 1. The van der Waals surface area contributed by atoms with Gasteiger partial charge >= 0.3 is 0 Å². The molecule has 0 radical (unpaired) electrons. The molecule has 0 unspecified atom stereocenters. The third-order valence-electron chi connectivity index (χ3n) is 4.37. The van der Waals surface area contributed by atoms with E-state index in [1.54, 1.807) is 0 Å². The number of carbonyl (C=O) groups is 2. The molecule has 114 valence electrons. The normalized spacial score (nSPS) is 16.5. The topological polar surface area (TPSA) is 51.1 Å². The molecular formula is C19H16N2O2. The lowest BCUT2D eigenvalue weighted by Gasteiger charge is -2.11. The minimum atomic E-state index is -0.263. The van der Waals surface area contributed by atoms with E-state index in [4.69, 9.17) is 0 Å². The number of hydrogen-bond donors (Lipinski definition) is 1. The summed E-state index contributed by atoms with van der Waals surface area (Å²) in [6.45, 7) is 0.587. The summed E-state index contributed by atoms with van der Waals surface area (Å²) >= 11 is 0. The van der Waals surface area contributed by atoms with Gasteiger partial charge in [0.05, 0.1) is 11.6 Å². The van der Waals surface area contributed by atoms with Crippen molar-refractivity contribution in [3.8, 4) is 0 Å². The maximum atomic E-state index is 12.4. The van der Waals surface area contributed by atoms with E-state index in [2.05, 4.69) is 5.32 Å². The Labute approximate surface area is 133 Å². The highest BCUT2D eigenvalue weighted by atomic mass is 16.2. The monoisotopic (exact) mass is 304 g/mol. The van der Waals surface area contributed by atoms with Crippen LogP contribution in [-0.4, -0.2) is 16.3 Å². The van der Waals surface area contributed by atoms with E-state index >= 15 is 0 Å². The SMILES string of the molecule is O=C(C[C@@H]1Cn2cccc2C1=O)Nc1cccc2ccccc12. The molecule has 4 rings (SSSR count). The van der Waals surface area contributed by atoms with Gasteiger partial charge in [-0.25, -0.2) is 0 Å². The van der Waals surface area contributed by atoms with Crippen LogP contribution in [0.15, 0.2) is 60.8 Å². The summed E-state index contributed by atoms with van der Waals surface area (Å²) in [5.74, 6) is -0.324. The molecule has 4 nitrogen and oxygen atoms in total. The van der Waals surface area contributed by atoms with Crippen LogP contribution in [0.5, 0.6) is 0 Å². The molecule has 1 atom stereocenters. The van der Waals surface area contributed by atoms with Crippen LogP contribution in [0.1, 0.15) is 16.9 Å². The van der Waals surface area contributed by atoms with E-state index in [1.165, 1.54) is 0 Å². The fraction of sp³-hybridized carbons (Fsp3) is 0.158. The lowest BCUT2D eigenvalue weighted by atomic mass is 10.0. The predicted molar refractivity (Wildman–Crippen MR) is 89.4 cm³/mol. The second-order valence-electron chi connectivity index (χ2n) is 5.89. The molecule has 0 saturated heterocycles. The van der Waals surface area contributed by atoms with E-state index in [0.29, 0.717) is 12.2 Å². The molecule has 1 aromatic heterocycles. The van der Waals surface area contributed by atoms with Gasteiger partial charge in [0.1, 0.15) is 0 Å². The van der Waals surface area contributed by atoms with Gasteiger partial charge < -0.3 is 9.88 Å². The van der Waals surface area contributed by atoms with Crippen LogP contribution in [0.2, 0.25) is 0 Å². The van der Waals surface area contributed by atoms with Gasteiger partial charge in [-0.2, -0.15) is 0 Å². The zero-order valence-electron chi connectivity index (χ0n) is 12.5. The molecule has 0 bridgehead atoms. The van der Waals surface area contributed by atoms with Crippen LogP contribution in [-0.2, 0) is 11.3 Å². The van der Waals surface area contributed by atoms with Crippen molar-refractivity contribution in [2.45, 2.75) is 13.0 Å². The van der Waals surface area contributed by atoms with Gasteiger partial charge in [0.25, 0.3) is 0 Å². The third-order valence-corrected chi connectivity index (χ3v) is 4.37. The second-order valence-corrected chi connectivity index (χ2v) is 5.89. The molecular weight excluding hydrogens is 288 g/mol. The average molecular weight is 304 g/mol. The van der Waals surface area contributed by atoms with E-state index in [1.807, 2.05) is 65.4 Å². The van der Waals surface area contributed by atoms with E-state index in [9.17, 15) is 9.59 Å². The quantitative estimate of drug-likeness (QED) is 0.805. The van der Waals surface area contributed by atoms with E-state index < -0.39 is 0 Å². The van der Waals surface area contributed by atoms with Gasteiger partial charge in [-0.1, -0.05) is 36.4 Å². The van der Waals surface area contributed by atoms with Crippen molar-refractivity contribution in [3.05, 3.63) is 66.5 Å². The van der Waals surface area contributed by atoms with Crippen LogP contribution in [0.4, 0.5) is 5.69 Å². The second kappa shape index (κ2) is 5.39. The molecule has 0 saturated carbocycles.